The molecule has 0 aliphatic rings. The number of hydrogen-bond acceptors (Lipinski definition) is 4. The van der Waals surface area contributed by atoms with Crippen molar-refractivity contribution in [3.8, 4) is 11.1 Å². The van der Waals surface area contributed by atoms with E-state index in [0.717, 1.165) is 27.9 Å². The quantitative estimate of drug-likeness (QED) is 0.473. The van der Waals surface area contributed by atoms with Crippen molar-refractivity contribution in [1.82, 2.24) is 18.8 Å². The number of hydrogen-bond donors (Lipinski definition) is 0. The van der Waals surface area contributed by atoms with Crippen LogP contribution >= 0.6 is 46.3 Å². The Balaban J connectivity index is 2.16. The van der Waals surface area contributed by atoms with Gasteiger partial charge in [-0.2, -0.15) is 0 Å². The normalized spacial score (nSPS) is 11.0. The number of rotatable bonds is 3. The Kier molecular flexibility index (Phi) is 5.16. The predicted octanol–water partition coefficient (Wildman–Crippen LogP) is 4.72. The number of aromatic nitrogens is 3. The van der Waals surface area contributed by atoms with E-state index in [4.69, 9.17) is 0 Å². The summed E-state index contributed by atoms with van der Waals surface area (Å²) < 4.78 is 2.68. The van der Waals surface area contributed by atoms with Gasteiger partial charge in [0, 0.05) is 61.7 Å². The molecule has 0 fully saturated rings. The number of carbonyl (C=O) groups excluding carboxylic acids is 1. The molecule has 0 bridgehead atoms. The summed E-state index contributed by atoms with van der Waals surface area (Å²) in [5.41, 5.74) is 5.32. The molecule has 2 heterocycles. The first-order chi connectivity index (χ1) is 11.4. The molecule has 0 aliphatic carbocycles. The number of benzene rings is 1. The molecule has 3 rings (SSSR count). The molecule has 0 saturated heterocycles. The highest BCUT2D eigenvalue weighted by molar-refractivity contribution is 14.2. The minimum absolute atomic E-state index is 0.00633. The van der Waals surface area contributed by atoms with Crippen molar-refractivity contribution in [3.63, 3.8) is 0 Å². The second-order valence-electron chi connectivity index (χ2n) is 5.53. The molecule has 0 N–H and O–H groups in total. The largest absolute Gasteiger partial charge is 0.345 e. The van der Waals surface area contributed by atoms with Gasteiger partial charge in [0.1, 0.15) is 10.1 Å². The molecule has 0 aliphatic heterocycles. The minimum atomic E-state index is 0.00633. The highest BCUT2D eigenvalue weighted by Gasteiger charge is 2.16. The lowest BCUT2D eigenvalue weighted by atomic mass is 10.0. The standard InChI is InChI=1S/C16H14BrIN4OS/c1-9-6-10(4-5-11(9)16(23)21(2)3)12-8-22(24-18)15-14(12)20-13(17)7-19-15/h4-8H,1-3H3. The van der Waals surface area contributed by atoms with E-state index in [9.17, 15) is 4.79 Å². The summed E-state index contributed by atoms with van der Waals surface area (Å²) in [7, 11) is 5.06. The second-order valence-corrected chi connectivity index (χ2v) is 8.06. The maximum Gasteiger partial charge on any atom is 0.253 e. The Hall–Kier alpha value is -1.13. The number of amides is 1. The van der Waals surface area contributed by atoms with Crippen LogP contribution in [0.4, 0.5) is 0 Å². The molecule has 0 spiro atoms. The fraction of sp³-hybridized carbons (Fsp3) is 0.188. The summed E-state index contributed by atoms with van der Waals surface area (Å²) in [6.45, 7) is 1.95. The summed E-state index contributed by atoms with van der Waals surface area (Å²) in [4.78, 5) is 22.8. The third-order valence-electron chi connectivity index (χ3n) is 3.68. The number of halogens is 2. The van der Waals surface area contributed by atoms with E-state index < -0.39 is 0 Å². The highest BCUT2D eigenvalue weighted by atomic mass is 127. The minimum Gasteiger partial charge on any atom is -0.345 e. The van der Waals surface area contributed by atoms with Gasteiger partial charge in [-0.15, -0.1) is 0 Å². The van der Waals surface area contributed by atoms with E-state index in [-0.39, 0.29) is 5.91 Å². The molecule has 24 heavy (non-hydrogen) atoms. The van der Waals surface area contributed by atoms with Crippen molar-refractivity contribution in [2.45, 2.75) is 6.92 Å². The molecule has 1 amide bonds. The fourth-order valence-electron chi connectivity index (χ4n) is 2.52. The molecule has 0 atom stereocenters. The molecule has 0 radical (unpaired) electrons. The first-order valence-corrected chi connectivity index (χ1v) is 11.2. The van der Waals surface area contributed by atoms with Crippen molar-refractivity contribution in [3.05, 3.63) is 46.3 Å². The van der Waals surface area contributed by atoms with E-state index in [2.05, 4.69) is 47.1 Å². The smallest absolute Gasteiger partial charge is 0.253 e. The molecule has 5 nitrogen and oxygen atoms in total. The van der Waals surface area contributed by atoms with E-state index in [0.29, 0.717) is 10.2 Å². The average molecular weight is 517 g/mol. The summed E-state index contributed by atoms with van der Waals surface area (Å²) in [6.07, 6.45) is 3.72. The summed E-state index contributed by atoms with van der Waals surface area (Å²) in [5, 5.41) is 0. The van der Waals surface area contributed by atoms with Gasteiger partial charge < -0.3 is 4.90 Å². The van der Waals surface area contributed by atoms with Crippen LogP contribution in [0.15, 0.2) is 35.2 Å². The van der Waals surface area contributed by atoms with Gasteiger partial charge in [-0.05, 0) is 40.0 Å². The number of nitrogens with zero attached hydrogens (tertiary/aromatic N) is 4. The van der Waals surface area contributed by atoms with Gasteiger partial charge >= 0.3 is 0 Å². The first kappa shape index (κ1) is 17.7. The van der Waals surface area contributed by atoms with Gasteiger partial charge in [0.05, 0.1) is 6.20 Å². The molecule has 0 unspecified atom stereocenters. The van der Waals surface area contributed by atoms with Crippen LogP contribution in [0.1, 0.15) is 15.9 Å². The van der Waals surface area contributed by atoms with Gasteiger partial charge in [-0.1, -0.05) is 12.1 Å². The number of aryl methyl sites for hydroxylation is 1. The van der Waals surface area contributed by atoms with Gasteiger partial charge in [-0.3, -0.25) is 8.77 Å². The lowest BCUT2D eigenvalue weighted by molar-refractivity contribution is 0.0827. The first-order valence-electron chi connectivity index (χ1n) is 7.07. The van der Waals surface area contributed by atoms with E-state index in [1.165, 1.54) is 0 Å². The molecule has 2 aromatic heterocycles. The Morgan fingerprint density at radius 2 is 2.12 bits per heavy atom. The monoisotopic (exact) mass is 516 g/mol. The molecule has 124 valence electrons. The van der Waals surface area contributed by atoms with E-state index >= 15 is 0 Å². The SMILES string of the molecule is Cc1cc(-c2cn(SI)c3ncc(Br)nc23)ccc1C(=O)N(C)C. The highest BCUT2D eigenvalue weighted by Crippen LogP contribution is 2.34. The van der Waals surface area contributed by atoms with Crippen molar-refractivity contribution < 1.29 is 4.79 Å². The van der Waals surface area contributed by atoms with Crippen LogP contribution in [0.5, 0.6) is 0 Å². The van der Waals surface area contributed by atoms with Gasteiger partial charge in [0.2, 0.25) is 0 Å². The Morgan fingerprint density at radius 1 is 1.38 bits per heavy atom. The van der Waals surface area contributed by atoms with Crippen LogP contribution in [0.25, 0.3) is 22.3 Å². The zero-order valence-electron chi connectivity index (χ0n) is 13.2. The molecular weight excluding hydrogens is 503 g/mol. The Morgan fingerprint density at radius 3 is 2.75 bits per heavy atom. The second kappa shape index (κ2) is 7.01. The van der Waals surface area contributed by atoms with Crippen LogP contribution in [-0.4, -0.2) is 38.8 Å². The van der Waals surface area contributed by atoms with Crippen LogP contribution < -0.4 is 0 Å². The molecular formula is C16H14BrIN4OS. The third kappa shape index (κ3) is 3.18. The van der Waals surface area contributed by atoms with E-state index in [1.54, 1.807) is 34.3 Å². The summed E-state index contributed by atoms with van der Waals surface area (Å²) in [6, 6.07) is 5.86. The van der Waals surface area contributed by atoms with Gasteiger partial charge in [0.15, 0.2) is 5.65 Å². The fourth-order valence-corrected chi connectivity index (χ4v) is 4.04. The van der Waals surface area contributed by atoms with Crippen molar-refractivity contribution in [2.75, 3.05) is 14.1 Å². The van der Waals surface area contributed by atoms with Gasteiger partial charge in [0.25, 0.3) is 5.91 Å². The van der Waals surface area contributed by atoms with Crippen LogP contribution in [0, 0.1) is 6.92 Å². The zero-order valence-corrected chi connectivity index (χ0v) is 17.8. The average Bonchev–Trinajstić information content (AvgIpc) is 2.91. The van der Waals surface area contributed by atoms with Gasteiger partial charge in [-0.25, -0.2) is 9.97 Å². The van der Waals surface area contributed by atoms with Crippen molar-refractivity contribution in [1.29, 1.82) is 0 Å². The van der Waals surface area contributed by atoms with Crippen molar-refractivity contribution >= 4 is 63.3 Å². The number of fused-ring (bicyclic) bond motifs is 1. The lowest BCUT2D eigenvalue weighted by Crippen LogP contribution is -2.22. The predicted molar refractivity (Wildman–Crippen MR) is 110 cm³/mol. The van der Waals surface area contributed by atoms with E-state index in [1.807, 2.05) is 35.3 Å². The lowest BCUT2D eigenvalue weighted by Gasteiger charge is -2.13. The molecule has 0 saturated carbocycles. The Labute approximate surface area is 164 Å². The summed E-state index contributed by atoms with van der Waals surface area (Å²) >= 11 is 5.61. The van der Waals surface area contributed by atoms with Crippen LogP contribution in [-0.2, 0) is 0 Å². The number of carbonyl (C=O) groups is 1. The van der Waals surface area contributed by atoms with Crippen LogP contribution in [0.2, 0.25) is 0 Å². The maximum atomic E-state index is 12.2. The molecule has 3 aromatic rings. The third-order valence-corrected chi connectivity index (χ3v) is 5.76. The van der Waals surface area contributed by atoms with Crippen molar-refractivity contribution in [2.24, 2.45) is 0 Å². The topological polar surface area (TPSA) is 51.0 Å². The zero-order chi connectivity index (χ0) is 17.4. The molecule has 8 heteroatoms. The summed E-state index contributed by atoms with van der Waals surface area (Å²) in [5.74, 6) is 0.00633. The maximum absolute atomic E-state index is 12.2. The molecule has 1 aromatic carbocycles. The van der Waals surface area contributed by atoms with Crippen LogP contribution in [0.3, 0.4) is 0 Å². The Bertz CT molecular complexity index is 941.